The number of nitrogens with one attached hydrogen (secondary N) is 1. The van der Waals surface area contributed by atoms with Crippen molar-refractivity contribution in [3.05, 3.63) is 46.7 Å². The van der Waals surface area contributed by atoms with Crippen LogP contribution in [0.4, 0.5) is 23.8 Å². The van der Waals surface area contributed by atoms with Crippen LogP contribution in [0.25, 0.3) is 11.4 Å². The van der Waals surface area contributed by atoms with Crippen molar-refractivity contribution < 1.29 is 36.8 Å². The fraction of sp³-hybridized carbons (Fsp3) is 0.417. The highest BCUT2D eigenvalue weighted by Gasteiger charge is 2.34. The fourth-order valence-corrected chi connectivity index (χ4v) is 4.10. The molecular weight excluding hydrogens is 589 g/mol. The third kappa shape index (κ3) is 7.65. The number of halogens is 4. The van der Waals surface area contributed by atoms with Crippen molar-refractivity contribution in [2.45, 2.75) is 51.5 Å². The lowest BCUT2D eigenvalue weighted by molar-refractivity contribution is -0.274. The first kappa shape index (κ1) is 28.3. The van der Waals surface area contributed by atoms with Crippen LogP contribution in [0.3, 0.4) is 0 Å². The monoisotopic (exact) mass is 612 g/mol. The van der Waals surface area contributed by atoms with Crippen molar-refractivity contribution in [2.24, 2.45) is 0 Å². The molecule has 4 heterocycles. The van der Waals surface area contributed by atoms with Crippen LogP contribution >= 0.6 is 15.9 Å². The van der Waals surface area contributed by atoms with Crippen LogP contribution in [0.15, 0.2) is 39.6 Å². The van der Waals surface area contributed by atoms with Crippen LogP contribution in [0.5, 0.6) is 5.75 Å². The molecule has 2 amide bonds. The Hall–Kier alpha value is -3.75. The molecule has 1 atom stereocenters. The third-order valence-corrected chi connectivity index (χ3v) is 5.82. The molecule has 1 aliphatic rings. The number of aromatic nitrogens is 4. The number of pyridine rings is 2. The van der Waals surface area contributed by atoms with E-state index in [1.165, 1.54) is 12.3 Å². The molecule has 1 saturated heterocycles. The number of ether oxygens (including phenoxy) is 2. The zero-order valence-corrected chi connectivity index (χ0v) is 22.7. The molecule has 0 radical (unpaired) electrons. The zero-order valence-electron chi connectivity index (χ0n) is 21.1. The van der Waals surface area contributed by atoms with Crippen molar-refractivity contribution >= 4 is 33.7 Å². The first-order valence-corrected chi connectivity index (χ1v) is 12.6. The van der Waals surface area contributed by atoms with E-state index < -0.39 is 35.5 Å². The van der Waals surface area contributed by atoms with Gasteiger partial charge in [0, 0.05) is 24.8 Å². The highest BCUT2D eigenvalue weighted by Crippen LogP contribution is 2.34. The minimum Gasteiger partial charge on any atom is -0.444 e. The molecule has 0 saturated carbocycles. The second kappa shape index (κ2) is 11.2. The van der Waals surface area contributed by atoms with Crippen molar-refractivity contribution in [1.82, 2.24) is 25.0 Å². The summed E-state index contributed by atoms with van der Waals surface area (Å²) < 4.78 is 54.7. The summed E-state index contributed by atoms with van der Waals surface area (Å²) in [6, 6.07) is 5.51. The molecule has 4 rings (SSSR count). The number of piperidine rings is 1. The summed E-state index contributed by atoms with van der Waals surface area (Å²) in [5, 5.41) is 6.15. The third-order valence-electron chi connectivity index (χ3n) is 5.38. The summed E-state index contributed by atoms with van der Waals surface area (Å²) in [5.41, 5.74) is -0.642. The van der Waals surface area contributed by atoms with Crippen LogP contribution < -0.4 is 10.1 Å². The largest absolute Gasteiger partial charge is 0.573 e. The molecule has 0 aromatic carbocycles. The summed E-state index contributed by atoms with van der Waals surface area (Å²) in [7, 11) is 0. The number of carbonyl (C=O) groups is 2. The Morgan fingerprint density at radius 3 is 2.67 bits per heavy atom. The van der Waals surface area contributed by atoms with Crippen LogP contribution in [-0.2, 0) is 4.74 Å². The summed E-state index contributed by atoms with van der Waals surface area (Å²) in [5.74, 6) is -2.16. The summed E-state index contributed by atoms with van der Waals surface area (Å²) in [6.07, 6.45) is -3.01. The van der Waals surface area contributed by atoms with Crippen molar-refractivity contribution in [3.63, 3.8) is 0 Å². The molecule has 39 heavy (non-hydrogen) atoms. The second-order valence-corrected chi connectivity index (χ2v) is 10.5. The van der Waals surface area contributed by atoms with Crippen LogP contribution in [-0.4, -0.2) is 62.1 Å². The SMILES string of the molecule is CC(C)(C)OC(=O)N1CCC[C@H](c2nc(-c3cnc(NC(=O)c4cccc(Br)n4)c(OC(F)(F)F)c3)no2)C1. The maximum Gasteiger partial charge on any atom is 0.573 e. The van der Waals surface area contributed by atoms with Gasteiger partial charge in [-0.1, -0.05) is 11.2 Å². The molecule has 1 N–H and O–H groups in total. The predicted octanol–water partition coefficient (Wildman–Crippen LogP) is 5.55. The Morgan fingerprint density at radius 1 is 1.21 bits per heavy atom. The first-order valence-electron chi connectivity index (χ1n) is 11.8. The lowest BCUT2D eigenvalue weighted by atomic mass is 9.98. The zero-order chi connectivity index (χ0) is 28.4. The quantitative estimate of drug-likeness (QED) is 0.368. The van der Waals surface area contributed by atoms with Gasteiger partial charge in [-0.15, -0.1) is 13.2 Å². The number of hydrogen-bond donors (Lipinski definition) is 1. The molecule has 11 nitrogen and oxygen atoms in total. The average molecular weight is 613 g/mol. The number of hydrogen-bond acceptors (Lipinski definition) is 9. The van der Waals surface area contributed by atoms with Gasteiger partial charge in [-0.05, 0) is 67.7 Å². The van der Waals surface area contributed by atoms with Crippen LogP contribution in [0.2, 0.25) is 0 Å². The molecule has 3 aromatic heterocycles. The smallest absolute Gasteiger partial charge is 0.444 e. The fourth-order valence-electron chi connectivity index (χ4n) is 3.76. The number of rotatable bonds is 5. The Labute approximate surface area is 229 Å². The van der Waals surface area contributed by atoms with Gasteiger partial charge in [-0.2, -0.15) is 4.98 Å². The normalized spacial score (nSPS) is 16.1. The second-order valence-electron chi connectivity index (χ2n) is 9.64. The van der Waals surface area contributed by atoms with Crippen molar-refractivity contribution in [3.8, 4) is 17.1 Å². The first-order chi connectivity index (χ1) is 18.3. The Bertz CT molecular complexity index is 1360. The Kier molecular flexibility index (Phi) is 8.09. The van der Waals surface area contributed by atoms with Gasteiger partial charge in [0.1, 0.15) is 15.9 Å². The maximum absolute atomic E-state index is 13.1. The van der Waals surface area contributed by atoms with E-state index >= 15 is 0 Å². The van der Waals surface area contributed by atoms with E-state index in [1.54, 1.807) is 37.8 Å². The summed E-state index contributed by atoms with van der Waals surface area (Å²) >= 11 is 3.13. The van der Waals surface area contributed by atoms with Crippen molar-refractivity contribution in [1.29, 1.82) is 0 Å². The number of alkyl halides is 3. The minimum absolute atomic E-state index is 0.0366. The summed E-state index contributed by atoms with van der Waals surface area (Å²) in [6.45, 7) is 6.12. The molecular formula is C24H24BrF3N6O5. The van der Waals surface area contributed by atoms with Gasteiger partial charge in [0.15, 0.2) is 11.6 Å². The number of nitrogens with zero attached hydrogens (tertiary/aromatic N) is 5. The van der Waals surface area contributed by atoms with E-state index in [9.17, 15) is 22.8 Å². The molecule has 0 unspecified atom stereocenters. The standard InChI is InChI=1S/C24H24BrF3N6O5/c1-23(2,3)38-22(36)34-9-5-6-13(12-34)21-32-18(33-39-21)14-10-16(37-24(26,27)28)19(29-11-14)31-20(35)15-7-4-8-17(25)30-15/h4,7-8,10-11,13H,5-6,9,12H2,1-3H3,(H,29,31,35)/t13-/m0/s1. The maximum atomic E-state index is 13.1. The van der Waals surface area contributed by atoms with Crippen LogP contribution in [0.1, 0.15) is 55.9 Å². The van der Waals surface area contributed by atoms with Crippen LogP contribution in [0, 0.1) is 0 Å². The Morgan fingerprint density at radius 2 is 1.97 bits per heavy atom. The topological polar surface area (TPSA) is 133 Å². The number of anilines is 1. The van der Waals surface area contributed by atoms with Gasteiger partial charge in [0.25, 0.3) is 5.91 Å². The lowest BCUT2D eigenvalue weighted by Crippen LogP contribution is -2.42. The van der Waals surface area contributed by atoms with Gasteiger partial charge in [-0.25, -0.2) is 14.8 Å². The minimum atomic E-state index is -5.07. The predicted molar refractivity (Wildman–Crippen MR) is 134 cm³/mol. The molecule has 1 aliphatic heterocycles. The molecule has 0 spiro atoms. The number of likely N-dealkylation sites (tertiary alicyclic amines) is 1. The summed E-state index contributed by atoms with van der Waals surface area (Å²) in [4.78, 5) is 38.8. The lowest BCUT2D eigenvalue weighted by Gasteiger charge is -2.32. The van der Waals surface area contributed by atoms with Gasteiger partial charge < -0.3 is 24.2 Å². The van der Waals surface area contributed by atoms with E-state index in [1.807, 2.05) is 0 Å². The highest BCUT2D eigenvalue weighted by atomic mass is 79.9. The molecule has 0 bridgehead atoms. The van der Waals surface area contributed by atoms with Gasteiger partial charge in [0.2, 0.25) is 11.7 Å². The van der Waals surface area contributed by atoms with E-state index in [0.717, 1.165) is 6.07 Å². The van der Waals surface area contributed by atoms with Gasteiger partial charge in [0.05, 0.1) is 5.92 Å². The molecule has 0 aliphatic carbocycles. The highest BCUT2D eigenvalue weighted by molar-refractivity contribution is 9.10. The van der Waals surface area contributed by atoms with E-state index in [0.29, 0.717) is 24.0 Å². The van der Waals surface area contributed by atoms with E-state index in [2.05, 4.69) is 46.1 Å². The average Bonchev–Trinajstić information content (AvgIpc) is 3.34. The Balaban J connectivity index is 1.54. The van der Waals surface area contributed by atoms with E-state index in [-0.39, 0.29) is 35.4 Å². The molecule has 3 aromatic rings. The van der Waals surface area contributed by atoms with E-state index in [4.69, 9.17) is 9.26 Å². The number of carbonyl (C=O) groups excluding carboxylic acids is 2. The molecule has 1 fully saturated rings. The van der Waals surface area contributed by atoms with Crippen molar-refractivity contribution in [2.75, 3.05) is 18.4 Å². The molecule has 208 valence electrons. The van der Waals surface area contributed by atoms with Gasteiger partial charge in [-0.3, -0.25) is 4.79 Å². The van der Waals surface area contributed by atoms with Gasteiger partial charge >= 0.3 is 12.5 Å². The number of amides is 2. The molecule has 15 heteroatoms.